The molecule has 2 rings (SSSR count). The molecule has 1 atom stereocenters. The Labute approximate surface area is 112 Å². The Balaban J connectivity index is 2.41. The van der Waals surface area contributed by atoms with Crippen LogP contribution in [0.4, 0.5) is 0 Å². The first-order valence-corrected chi connectivity index (χ1v) is 7.69. The minimum absolute atomic E-state index is 0.0458. The molecule has 6 nitrogen and oxygen atoms in total. The van der Waals surface area contributed by atoms with E-state index < -0.39 is 10.0 Å². The van der Waals surface area contributed by atoms with E-state index in [4.69, 9.17) is 17.3 Å². The molecule has 8 heteroatoms. The number of piperidine rings is 1. The van der Waals surface area contributed by atoms with Gasteiger partial charge in [0.15, 0.2) is 5.03 Å². The monoisotopic (exact) mass is 292 g/mol. The van der Waals surface area contributed by atoms with Crippen molar-refractivity contribution in [3.8, 4) is 0 Å². The van der Waals surface area contributed by atoms with Crippen LogP contribution in [0.25, 0.3) is 0 Å². The summed E-state index contributed by atoms with van der Waals surface area (Å²) in [5, 5.41) is 4.07. The number of rotatable bonds is 3. The van der Waals surface area contributed by atoms with Crippen LogP contribution in [-0.4, -0.2) is 41.6 Å². The van der Waals surface area contributed by atoms with Crippen LogP contribution < -0.4 is 5.73 Å². The van der Waals surface area contributed by atoms with Crippen LogP contribution in [0.1, 0.15) is 19.3 Å². The molecule has 1 aliphatic rings. The van der Waals surface area contributed by atoms with Gasteiger partial charge in [-0.15, -0.1) is 0 Å². The number of hydrogen-bond acceptors (Lipinski definition) is 4. The molecule has 1 aromatic rings. The van der Waals surface area contributed by atoms with Crippen molar-refractivity contribution in [1.29, 1.82) is 0 Å². The van der Waals surface area contributed by atoms with Gasteiger partial charge in [0.1, 0.15) is 0 Å². The van der Waals surface area contributed by atoms with Crippen LogP contribution in [0, 0.1) is 0 Å². The van der Waals surface area contributed by atoms with E-state index in [2.05, 4.69) is 5.10 Å². The van der Waals surface area contributed by atoms with E-state index in [0.29, 0.717) is 13.1 Å². The van der Waals surface area contributed by atoms with E-state index in [0.717, 1.165) is 19.3 Å². The van der Waals surface area contributed by atoms with E-state index in [1.165, 1.54) is 15.2 Å². The highest BCUT2D eigenvalue weighted by atomic mass is 35.5. The molecule has 0 aliphatic carbocycles. The molecule has 2 heterocycles. The van der Waals surface area contributed by atoms with Gasteiger partial charge in [-0.3, -0.25) is 4.68 Å². The summed E-state index contributed by atoms with van der Waals surface area (Å²) < 4.78 is 27.9. The molecule has 0 radical (unpaired) electrons. The summed E-state index contributed by atoms with van der Waals surface area (Å²) in [6.07, 6.45) is 4.00. The van der Waals surface area contributed by atoms with Crippen molar-refractivity contribution < 1.29 is 8.42 Å². The summed E-state index contributed by atoms with van der Waals surface area (Å²) in [6.45, 7) is 0.820. The maximum absolute atomic E-state index is 12.6. The molecule has 1 unspecified atom stereocenters. The highest BCUT2D eigenvalue weighted by molar-refractivity contribution is 7.89. The summed E-state index contributed by atoms with van der Waals surface area (Å²) in [7, 11) is -2.05. The van der Waals surface area contributed by atoms with Crippen LogP contribution in [0.5, 0.6) is 0 Å². The number of aryl methyl sites for hydroxylation is 1. The molecule has 102 valence electrons. The molecule has 0 spiro atoms. The van der Waals surface area contributed by atoms with Crippen molar-refractivity contribution in [2.24, 2.45) is 12.8 Å². The fourth-order valence-electron chi connectivity index (χ4n) is 2.33. The quantitative estimate of drug-likeness (QED) is 0.883. The molecule has 1 aliphatic heterocycles. The minimum Gasteiger partial charge on any atom is -0.329 e. The fourth-order valence-corrected chi connectivity index (χ4v) is 4.64. The highest BCUT2D eigenvalue weighted by Crippen LogP contribution is 2.28. The Bertz CT molecular complexity index is 508. The van der Waals surface area contributed by atoms with E-state index in [1.807, 2.05) is 0 Å². The first kappa shape index (κ1) is 13.8. The molecule has 18 heavy (non-hydrogen) atoms. The Hall–Kier alpha value is -0.630. The topological polar surface area (TPSA) is 81.2 Å². The average molecular weight is 293 g/mol. The standard InChI is InChI=1S/C10H17ClN4O2S/c1-14-10(9(11)7-13-14)18(16,17)15-5-3-2-4-8(15)6-12/h7-8H,2-6,12H2,1H3. The molecule has 0 amide bonds. The summed E-state index contributed by atoms with van der Waals surface area (Å²) in [6, 6.07) is -0.144. The van der Waals surface area contributed by atoms with Gasteiger partial charge in [-0.2, -0.15) is 9.40 Å². The summed E-state index contributed by atoms with van der Waals surface area (Å²) >= 11 is 5.92. The van der Waals surface area contributed by atoms with Crippen LogP contribution in [0.15, 0.2) is 11.2 Å². The van der Waals surface area contributed by atoms with Crippen LogP contribution in [0.3, 0.4) is 0 Å². The number of hydrogen-bond donors (Lipinski definition) is 1. The third kappa shape index (κ3) is 2.27. The van der Waals surface area contributed by atoms with Crippen LogP contribution in [0.2, 0.25) is 5.02 Å². The SMILES string of the molecule is Cn1ncc(Cl)c1S(=O)(=O)N1CCCCC1CN. The van der Waals surface area contributed by atoms with Crippen molar-refractivity contribution in [3.63, 3.8) is 0 Å². The molecule has 1 saturated heterocycles. The van der Waals surface area contributed by atoms with Crippen LogP contribution in [-0.2, 0) is 17.1 Å². The molecular weight excluding hydrogens is 276 g/mol. The van der Waals surface area contributed by atoms with E-state index >= 15 is 0 Å². The molecule has 2 N–H and O–H groups in total. The number of sulfonamides is 1. The van der Waals surface area contributed by atoms with E-state index in [1.54, 1.807) is 7.05 Å². The third-order valence-corrected chi connectivity index (χ3v) is 5.70. The second-order valence-corrected chi connectivity index (χ2v) is 6.64. The predicted octanol–water partition coefficient (Wildman–Crippen LogP) is 0.575. The summed E-state index contributed by atoms with van der Waals surface area (Å²) in [5.41, 5.74) is 5.66. The zero-order chi connectivity index (χ0) is 13.3. The maximum atomic E-state index is 12.6. The summed E-state index contributed by atoms with van der Waals surface area (Å²) in [4.78, 5) is 0. The Morgan fingerprint density at radius 1 is 1.56 bits per heavy atom. The average Bonchev–Trinajstić information content (AvgIpc) is 2.69. The van der Waals surface area contributed by atoms with Gasteiger partial charge in [-0.25, -0.2) is 8.42 Å². The van der Waals surface area contributed by atoms with E-state index in [9.17, 15) is 8.42 Å². The number of halogens is 1. The predicted molar refractivity (Wildman–Crippen MR) is 68.8 cm³/mol. The molecule has 0 aromatic carbocycles. The summed E-state index contributed by atoms with van der Waals surface area (Å²) in [5.74, 6) is 0. The zero-order valence-electron chi connectivity index (χ0n) is 10.2. The van der Waals surface area contributed by atoms with Gasteiger partial charge < -0.3 is 5.73 Å². The Morgan fingerprint density at radius 3 is 2.83 bits per heavy atom. The van der Waals surface area contributed by atoms with Crippen molar-refractivity contribution in [3.05, 3.63) is 11.2 Å². The van der Waals surface area contributed by atoms with Crippen molar-refractivity contribution in [2.45, 2.75) is 30.3 Å². The Morgan fingerprint density at radius 2 is 2.28 bits per heavy atom. The fraction of sp³-hybridized carbons (Fsp3) is 0.700. The smallest absolute Gasteiger partial charge is 0.262 e. The van der Waals surface area contributed by atoms with Crippen molar-refractivity contribution in [1.82, 2.24) is 14.1 Å². The van der Waals surface area contributed by atoms with Gasteiger partial charge in [0, 0.05) is 26.2 Å². The second kappa shape index (κ2) is 5.16. The van der Waals surface area contributed by atoms with Crippen molar-refractivity contribution >= 4 is 21.6 Å². The molecule has 0 saturated carbocycles. The van der Waals surface area contributed by atoms with Gasteiger partial charge in [0.05, 0.1) is 11.2 Å². The molecule has 1 aromatic heterocycles. The van der Waals surface area contributed by atoms with Crippen molar-refractivity contribution in [2.75, 3.05) is 13.1 Å². The normalized spacial score (nSPS) is 22.3. The lowest BCUT2D eigenvalue weighted by atomic mass is 10.1. The minimum atomic E-state index is -3.62. The number of nitrogens with two attached hydrogens (primary N) is 1. The maximum Gasteiger partial charge on any atom is 0.262 e. The molecular formula is C10H17ClN4O2S. The largest absolute Gasteiger partial charge is 0.329 e. The molecule has 1 fully saturated rings. The third-order valence-electron chi connectivity index (χ3n) is 3.24. The van der Waals surface area contributed by atoms with Gasteiger partial charge in [0.2, 0.25) is 0 Å². The second-order valence-electron chi connectivity index (χ2n) is 4.42. The lowest BCUT2D eigenvalue weighted by Crippen LogP contribution is -2.47. The first-order chi connectivity index (χ1) is 8.48. The number of nitrogens with zero attached hydrogens (tertiary/aromatic N) is 3. The van der Waals surface area contributed by atoms with Gasteiger partial charge >= 0.3 is 0 Å². The highest BCUT2D eigenvalue weighted by Gasteiger charge is 2.36. The lowest BCUT2D eigenvalue weighted by Gasteiger charge is -2.33. The van der Waals surface area contributed by atoms with Gasteiger partial charge in [-0.05, 0) is 12.8 Å². The van der Waals surface area contributed by atoms with E-state index in [-0.39, 0.29) is 16.1 Å². The molecule has 0 bridgehead atoms. The Kier molecular flexibility index (Phi) is 3.96. The first-order valence-electron chi connectivity index (χ1n) is 5.88. The lowest BCUT2D eigenvalue weighted by molar-refractivity contribution is 0.256. The number of aromatic nitrogens is 2. The van der Waals surface area contributed by atoms with Crippen LogP contribution >= 0.6 is 11.6 Å². The van der Waals surface area contributed by atoms with Gasteiger partial charge in [0.25, 0.3) is 10.0 Å². The van der Waals surface area contributed by atoms with Gasteiger partial charge in [-0.1, -0.05) is 18.0 Å². The zero-order valence-corrected chi connectivity index (χ0v) is 11.8.